The average Bonchev–Trinajstić information content (AvgIpc) is 3.08. The van der Waals surface area contributed by atoms with Crippen molar-refractivity contribution in [2.24, 2.45) is 5.92 Å². The molecule has 0 spiro atoms. The fourth-order valence-electron chi connectivity index (χ4n) is 5.36. The van der Waals surface area contributed by atoms with Gasteiger partial charge in [-0.1, -0.05) is 153 Å². The first-order valence-electron chi connectivity index (χ1n) is 19.7. The lowest BCUT2D eigenvalue weighted by atomic mass is 10.0. The van der Waals surface area contributed by atoms with E-state index in [9.17, 15) is 24.9 Å². The van der Waals surface area contributed by atoms with Gasteiger partial charge in [-0.3, -0.25) is 9.59 Å². The van der Waals surface area contributed by atoms with Gasteiger partial charge in [0.25, 0.3) is 0 Å². The summed E-state index contributed by atoms with van der Waals surface area (Å²) in [4.78, 5) is 24.0. The van der Waals surface area contributed by atoms with Gasteiger partial charge >= 0.3 is 11.9 Å². The Morgan fingerprint density at radius 1 is 0.510 bits per heavy atom. The van der Waals surface area contributed by atoms with Gasteiger partial charge in [-0.15, -0.1) is 0 Å². The minimum atomic E-state index is -1.07. The van der Waals surface area contributed by atoms with Crippen LogP contribution in [0.25, 0.3) is 0 Å². The Morgan fingerprint density at radius 3 is 1.39 bits per heavy atom. The maximum absolute atomic E-state index is 12.0. The molecule has 0 aliphatic carbocycles. The summed E-state index contributed by atoms with van der Waals surface area (Å²) in [6.45, 7) is 6.27. The SMILES string of the molecule is CC/C=C\C/C=C\C/C=C\C/C=C\C[C@H](O)[C@@H](O)CCCC(=O)OC[C@H](O)COC(=O)CCCCCCCCCCCCCCCC(C)C. The van der Waals surface area contributed by atoms with Gasteiger partial charge in [-0.05, 0) is 57.3 Å². The first-order valence-corrected chi connectivity index (χ1v) is 19.7. The van der Waals surface area contributed by atoms with Gasteiger partial charge in [0, 0.05) is 12.8 Å². The predicted octanol–water partition coefficient (Wildman–Crippen LogP) is 10.0. The van der Waals surface area contributed by atoms with Crippen LogP contribution >= 0.6 is 0 Å². The third-order valence-electron chi connectivity index (χ3n) is 8.46. The number of hydrogen-bond donors (Lipinski definition) is 3. The predicted molar refractivity (Wildman–Crippen MR) is 203 cm³/mol. The maximum Gasteiger partial charge on any atom is 0.305 e. The summed E-state index contributed by atoms with van der Waals surface area (Å²) in [7, 11) is 0. The zero-order valence-corrected chi connectivity index (χ0v) is 31.6. The smallest absolute Gasteiger partial charge is 0.305 e. The highest BCUT2D eigenvalue weighted by molar-refractivity contribution is 5.69. The molecule has 284 valence electrons. The number of aliphatic hydroxyl groups is 3. The molecule has 0 bridgehead atoms. The molecule has 0 unspecified atom stereocenters. The van der Waals surface area contributed by atoms with E-state index in [1.54, 1.807) is 0 Å². The quantitative estimate of drug-likeness (QED) is 0.0350. The second kappa shape index (κ2) is 35.6. The van der Waals surface area contributed by atoms with E-state index in [0.29, 0.717) is 19.3 Å². The number of esters is 2. The average molecular weight is 691 g/mol. The lowest BCUT2D eigenvalue weighted by Crippen LogP contribution is -2.26. The molecule has 3 atom stereocenters. The zero-order chi connectivity index (χ0) is 36.2. The van der Waals surface area contributed by atoms with Crippen molar-refractivity contribution >= 4 is 11.9 Å². The molecule has 0 aromatic rings. The van der Waals surface area contributed by atoms with Crippen LogP contribution in [0, 0.1) is 5.92 Å². The van der Waals surface area contributed by atoms with Gasteiger partial charge < -0.3 is 24.8 Å². The third-order valence-corrected chi connectivity index (χ3v) is 8.46. The van der Waals surface area contributed by atoms with E-state index < -0.39 is 24.3 Å². The van der Waals surface area contributed by atoms with E-state index >= 15 is 0 Å². The number of unbranched alkanes of at least 4 members (excludes halogenated alkanes) is 12. The number of hydrogen-bond acceptors (Lipinski definition) is 7. The highest BCUT2D eigenvalue weighted by Gasteiger charge is 2.16. The Morgan fingerprint density at radius 2 is 0.918 bits per heavy atom. The molecule has 0 saturated heterocycles. The summed E-state index contributed by atoms with van der Waals surface area (Å²) >= 11 is 0. The molecule has 0 saturated carbocycles. The number of allylic oxidation sites excluding steroid dienone is 7. The van der Waals surface area contributed by atoms with Crippen LogP contribution in [0.5, 0.6) is 0 Å². The van der Waals surface area contributed by atoms with E-state index in [4.69, 9.17) is 9.47 Å². The summed E-state index contributed by atoms with van der Waals surface area (Å²) in [5, 5.41) is 30.4. The molecule has 0 rings (SSSR count). The Labute approximate surface area is 300 Å². The Hall–Kier alpha value is -2.22. The van der Waals surface area contributed by atoms with Crippen molar-refractivity contribution < 1.29 is 34.4 Å². The number of carbonyl (C=O) groups is 2. The molecule has 0 aliphatic rings. The van der Waals surface area contributed by atoms with Gasteiger partial charge in [0.2, 0.25) is 0 Å². The van der Waals surface area contributed by atoms with E-state index in [1.807, 2.05) is 12.2 Å². The fourth-order valence-corrected chi connectivity index (χ4v) is 5.36. The molecule has 0 radical (unpaired) electrons. The summed E-state index contributed by atoms with van der Waals surface area (Å²) in [6, 6.07) is 0. The molecule has 0 fully saturated rings. The minimum absolute atomic E-state index is 0.0684. The highest BCUT2D eigenvalue weighted by Crippen LogP contribution is 2.15. The van der Waals surface area contributed by atoms with Crippen molar-refractivity contribution in [3.8, 4) is 0 Å². The minimum Gasteiger partial charge on any atom is -0.463 e. The lowest BCUT2D eigenvalue weighted by molar-refractivity contribution is -0.152. The molecule has 0 aromatic carbocycles. The summed E-state index contributed by atoms with van der Waals surface area (Å²) in [5.41, 5.74) is 0. The van der Waals surface area contributed by atoms with Gasteiger partial charge in [0.05, 0.1) is 12.2 Å². The topological polar surface area (TPSA) is 113 Å². The molecule has 3 N–H and O–H groups in total. The summed E-state index contributed by atoms with van der Waals surface area (Å²) < 4.78 is 10.2. The van der Waals surface area contributed by atoms with Gasteiger partial charge in [-0.2, -0.15) is 0 Å². The van der Waals surface area contributed by atoms with Crippen molar-refractivity contribution in [2.45, 2.75) is 187 Å². The van der Waals surface area contributed by atoms with Crippen LogP contribution in [0.1, 0.15) is 168 Å². The van der Waals surface area contributed by atoms with Crippen LogP contribution in [-0.4, -0.2) is 58.8 Å². The van der Waals surface area contributed by atoms with E-state index in [-0.39, 0.29) is 32.0 Å². The van der Waals surface area contributed by atoms with Crippen LogP contribution in [0.2, 0.25) is 0 Å². The van der Waals surface area contributed by atoms with Gasteiger partial charge in [0.15, 0.2) is 0 Å². The maximum atomic E-state index is 12.0. The van der Waals surface area contributed by atoms with Crippen LogP contribution in [0.15, 0.2) is 48.6 Å². The van der Waals surface area contributed by atoms with E-state index in [0.717, 1.165) is 50.9 Å². The number of aliphatic hydroxyl groups excluding tert-OH is 3. The van der Waals surface area contributed by atoms with E-state index in [1.165, 1.54) is 70.6 Å². The second-order valence-electron chi connectivity index (χ2n) is 13.8. The molecule has 7 nitrogen and oxygen atoms in total. The van der Waals surface area contributed by atoms with Crippen molar-refractivity contribution in [2.75, 3.05) is 13.2 Å². The van der Waals surface area contributed by atoms with Crippen LogP contribution in [-0.2, 0) is 19.1 Å². The third kappa shape index (κ3) is 35.4. The molecular formula is C42H74O7. The van der Waals surface area contributed by atoms with Gasteiger partial charge in [-0.25, -0.2) is 0 Å². The monoisotopic (exact) mass is 691 g/mol. The Bertz CT molecular complexity index is 876. The first kappa shape index (κ1) is 46.8. The zero-order valence-electron chi connectivity index (χ0n) is 31.6. The lowest BCUT2D eigenvalue weighted by Gasteiger charge is -2.16. The van der Waals surface area contributed by atoms with Crippen LogP contribution in [0.4, 0.5) is 0 Å². The highest BCUT2D eigenvalue weighted by atomic mass is 16.6. The Balaban J connectivity index is 3.68. The molecule has 0 aromatic heterocycles. The summed E-state index contributed by atoms with van der Waals surface area (Å²) in [6.07, 6.45) is 36.4. The largest absolute Gasteiger partial charge is 0.463 e. The molecule has 49 heavy (non-hydrogen) atoms. The molecule has 0 aliphatic heterocycles. The number of ether oxygens (including phenoxy) is 2. The van der Waals surface area contributed by atoms with Crippen molar-refractivity contribution in [3.05, 3.63) is 48.6 Å². The summed E-state index contributed by atoms with van der Waals surface area (Å²) in [5.74, 6) is -0.00868. The van der Waals surface area contributed by atoms with E-state index in [2.05, 4.69) is 57.2 Å². The molecule has 0 heterocycles. The second-order valence-corrected chi connectivity index (χ2v) is 13.8. The molecule has 0 amide bonds. The number of rotatable bonds is 34. The van der Waals surface area contributed by atoms with Crippen molar-refractivity contribution in [1.82, 2.24) is 0 Å². The van der Waals surface area contributed by atoms with Crippen LogP contribution in [0.3, 0.4) is 0 Å². The van der Waals surface area contributed by atoms with Crippen LogP contribution < -0.4 is 0 Å². The normalized spacial score (nSPS) is 14.1. The standard InChI is InChI=1S/C42H74O7/c1-4-5-6-7-8-9-10-15-18-21-24-27-31-39(44)40(45)32-29-34-42(47)49-36-38(43)35-48-41(46)33-28-25-22-19-16-13-11-12-14-17-20-23-26-30-37(2)3/h5-6,8-9,15,18,24,27,37-40,43-45H,4,7,10-14,16-17,19-23,25-26,28-36H2,1-3H3/b6-5-,9-8-,18-15-,27-24-/t38-,39+,40+/m1/s1. The Kier molecular flexibility index (Phi) is 34.0. The van der Waals surface area contributed by atoms with Crippen molar-refractivity contribution in [3.63, 3.8) is 0 Å². The first-order chi connectivity index (χ1) is 23.8. The fraction of sp³-hybridized carbons (Fsp3) is 0.762. The number of carbonyl (C=O) groups excluding carboxylic acids is 2. The molecule has 7 heteroatoms. The molecular weight excluding hydrogens is 616 g/mol. The van der Waals surface area contributed by atoms with Gasteiger partial charge in [0.1, 0.15) is 19.3 Å². The van der Waals surface area contributed by atoms with Crippen molar-refractivity contribution in [1.29, 1.82) is 0 Å².